The van der Waals surface area contributed by atoms with E-state index in [0.29, 0.717) is 0 Å². The van der Waals surface area contributed by atoms with E-state index in [1.807, 2.05) is 36.2 Å². The molecule has 0 unspecified atom stereocenters. The third kappa shape index (κ3) is 2.72. The fraction of sp³-hybridized carbons (Fsp3) is 0.0769. The van der Waals surface area contributed by atoms with E-state index in [-0.39, 0.29) is 5.69 Å². The number of benzene rings is 1. The topological polar surface area (TPSA) is 109 Å². The molecule has 20 heavy (non-hydrogen) atoms. The Bertz CT molecular complexity index is 802. The fourth-order valence-electron chi connectivity index (χ4n) is 1.75. The standard InChI is InChI=1S/C13H11N3O4/c1-8-4-2-3-5-9(8)6-7-10-11(16(19)20)12(17)15-13(18)14-10/h2-7H,1H3,(H2,14,15,17,18)/b7-6-. The molecule has 0 radical (unpaired) electrons. The summed E-state index contributed by atoms with van der Waals surface area (Å²) in [6.07, 6.45) is 2.95. The summed E-state index contributed by atoms with van der Waals surface area (Å²) in [6, 6.07) is 7.39. The molecule has 0 aliphatic heterocycles. The van der Waals surface area contributed by atoms with Crippen LogP contribution in [0.4, 0.5) is 5.69 Å². The average Bonchev–Trinajstić information content (AvgIpc) is 2.36. The van der Waals surface area contributed by atoms with Crippen LogP contribution in [0.2, 0.25) is 0 Å². The summed E-state index contributed by atoms with van der Waals surface area (Å²) in [5.74, 6) is 0. The molecule has 1 aromatic heterocycles. The second-order valence-corrected chi connectivity index (χ2v) is 4.12. The Morgan fingerprint density at radius 1 is 1.15 bits per heavy atom. The van der Waals surface area contributed by atoms with Crippen LogP contribution in [0, 0.1) is 17.0 Å². The van der Waals surface area contributed by atoms with Crippen LogP contribution in [0.5, 0.6) is 0 Å². The Balaban J connectivity index is 2.54. The molecule has 0 saturated carbocycles. The van der Waals surface area contributed by atoms with Gasteiger partial charge in [0, 0.05) is 0 Å². The van der Waals surface area contributed by atoms with Gasteiger partial charge in [-0.1, -0.05) is 30.3 Å². The van der Waals surface area contributed by atoms with Gasteiger partial charge in [0.05, 0.1) is 4.92 Å². The van der Waals surface area contributed by atoms with Crippen molar-refractivity contribution in [2.45, 2.75) is 6.92 Å². The molecule has 0 fully saturated rings. The van der Waals surface area contributed by atoms with E-state index in [0.717, 1.165) is 11.1 Å². The first-order valence-electron chi connectivity index (χ1n) is 5.74. The van der Waals surface area contributed by atoms with E-state index in [4.69, 9.17) is 0 Å². The number of aryl methyl sites for hydroxylation is 1. The van der Waals surface area contributed by atoms with Gasteiger partial charge in [-0.2, -0.15) is 0 Å². The predicted octanol–water partition coefficient (Wildman–Crippen LogP) is 1.45. The Hall–Kier alpha value is -2.96. The second kappa shape index (κ2) is 5.35. The molecule has 2 N–H and O–H groups in total. The van der Waals surface area contributed by atoms with Crippen molar-refractivity contribution in [3.63, 3.8) is 0 Å². The molecular weight excluding hydrogens is 262 g/mol. The number of aromatic amines is 2. The minimum absolute atomic E-state index is 0.132. The first-order valence-corrected chi connectivity index (χ1v) is 5.74. The summed E-state index contributed by atoms with van der Waals surface area (Å²) in [5.41, 5.74) is -0.823. The van der Waals surface area contributed by atoms with Crippen molar-refractivity contribution in [3.05, 3.63) is 72.0 Å². The van der Waals surface area contributed by atoms with Gasteiger partial charge in [-0.15, -0.1) is 0 Å². The van der Waals surface area contributed by atoms with Crippen LogP contribution in [0.3, 0.4) is 0 Å². The van der Waals surface area contributed by atoms with Crippen molar-refractivity contribution < 1.29 is 4.92 Å². The van der Waals surface area contributed by atoms with Gasteiger partial charge in [0.15, 0.2) is 0 Å². The first-order chi connectivity index (χ1) is 9.49. The van der Waals surface area contributed by atoms with Crippen molar-refractivity contribution in [2.24, 2.45) is 0 Å². The summed E-state index contributed by atoms with van der Waals surface area (Å²) in [6.45, 7) is 1.88. The fourth-order valence-corrected chi connectivity index (χ4v) is 1.75. The zero-order valence-corrected chi connectivity index (χ0v) is 10.5. The normalized spacial score (nSPS) is 10.8. The van der Waals surface area contributed by atoms with Crippen LogP contribution < -0.4 is 11.2 Å². The average molecular weight is 273 g/mol. The minimum Gasteiger partial charge on any atom is -0.301 e. The third-order valence-corrected chi connectivity index (χ3v) is 2.75. The highest BCUT2D eigenvalue weighted by atomic mass is 16.6. The predicted molar refractivity (Wildman–Crippen MR) is 74.4 cm³/mol. The number of nitrogens with zero attached hydrogens (tertiary/aromatic N) is 1. The molecule has 0 aliphatic rings. The number of hydrogen-bond donors (Lipinski definition) is 2. The summed E-state index contributed by atoms with van der Waals surface area (Å²) in [7, 11) is 0. The lowest BCUT2D eigenvalue weighted by Crippen LogP contribution is -2.25. The molecule has 0 atom stereocenters. The van der Waals surface area contributed by atoms with Crippen LogP contribution in [-0.4, -0.2) is 14.9 Å². The second-order valence-electron chi connectivity index (χ2n) is 4.12. The zero-order valence-electron chi connectivity index (χ0n) is 10.5. The third-order valence-electron chi connectivity index (χ3n) is 2.75. The van der Waals surface area contributed by atoms with Gasteiger partial charge in [-0.3, -0.25) is 19.9 Å². The number of rotatable bonds is 3. The van der Waals surface area contributed by atoms with Crippen molar-refractivity contribution in [1.29, 1.82) is 0 Å². The summed E-state index contributed by atoms with van der Waals surface area (Å²) >= 11 is 0. The lowest BCUT2D eigenvalue weighted by molar-refractivity contribution is -0.386. The first kappa shape index (κ1) is 13.5. The van der Waals surface area contributed by atoms with Crippen LogP contribution in [0.1, 0.15) is 16.8 Å². The quantitative estimate of drug-likeness (QED) is 0.651. The molecule has 102 valence electrons. The minimum atomic E-state index is -1.02. The Kier molecular flexibility index (Phi) is 3.60. The SMILES string of the molecule is Cc1ccccc1/C=C\c1[nH]c(=O)[nH]c(=O)c1[N+](=O)[O-]. The molecule has 2 rings (SSSR count). The molecule has 2 aromatic rings. The van der Waals surface area contributed by atoms with E-state index >= 15 is 0 Å². The summed E-state index contributed by atoms with van der Waals surface area (Å²) < 4.78 is 0. The number of H-pyrrole nitrogens is 2. The van der Waals surface area contributed by atoms with Gasteiger partial charge in [-0.05, 0) is 24.1 Å². The molecule has 1 heterocycles. The maximum Gasteiger partial charge on any atom is 0.357 e. The monoisotopic (exact) mass is 273 g/mol. The smallest absolute Gasteiger partial charge is 0.301 e. The van der Waals surface area contributed by atoms with Crippen LogP contribution in [0.15, 0.2) is 33.9 Å². The molecule has 0 bridgehead atoms. The molecular formula is C13H11N3O4. The highest BCUT2D eigenvalue weighted by Crippen LogP contribution is 2.14. The number of aromatic nitrogens is 2. The molecule has 7 heteroatoms. The number of hydrogen-bond acceptors (Lipinski definition) is 4. The van der Waals surface area contributed by atoms with Crippen LogP contribution >= 0.6 is 0 Å². The van der Waals surface area contributed by atoms with E-state index < -0.39 is 21.9 Å². The molecule has 0 aliphatic carbocycles. The van der Waals surface area contributed by atoms with E-state index in [9.17, 15) is 19.7 Å². The van der Waals surface area contributed by atoms with E-state index in [1.165, 1.54) is 6.08 Å². The molecule has 1 aromatic carbocycles. The lowest BCUT2D eigenvalue weighted by atomic mass is 10.1. The summed E-state index contributed by atoms with van der Waals surface area (Å²) in [5, 5.41) is 10.9. The van der Waals surface area contributed by atoms with Gasteiger partial charge in [0.1, 0.15) is 5.69 Å². The Morgan fingerprint density at radius 3 is 2.50 bits per heavy atom. The van der Waals surface area contributed by atoms with Crippen LogP contribution in [0.25, 0.3) is 12.2 Å². The maximum atomic E-state index is 11.4. The van der Waals surface area contributed by atoms with Crippen molar-refractivity contribution in [1.82, 2.24) is 9.97 Å². The summed E-state index contributed by atoms with van der Waals surface area (Å²) in [4.78, 5) is 36.7. The van der Waals surface area contributed by atoms with E-state index in [2.05, 4.69) is 4.98 Å². The lowest BCUT2D eigenvalue weighted by Gasteiger charge is -1.99. The number of nitrogens with one attached hydrogen (secondary N) is 2. The Labute approximate surface area is 112 Å². The van der Waals surface area contributed by atoms with Crippen molar-refractivity contribution >= 4 is 17.8 Å². The molecule has 0 saturated heterocycles. The Morgan fingerprint density at radius 2 is 1.85 bits per heavy atom. The van der Waals surface area contributed by atoms with Crippen molar-refractivity contribution in [2.75, 3.05) is 0 Å². The van der Waals surface area contributed by atoms with Gasteiger partial charge in [0.25, 0.3) is 0 Å². The van der Waals surface area contributed by atoms with E-state index in [1.54, 1.807) is 6.08 Å². The van der Waals surface area contributed by atoms with Gasteiger partial charge >= 0.3 is 16.9 Å². The molecule has 0 spiro atoms. The molecule has 0 amide bonds. The highest BCUT2D eigenvalue weighted by Gasteiger charge is 2.18. The maximum absolute atomic E-state index is 11.4. The zero-order chi connectivity index (χ0) is 14.7. The number of nitro groups is 1. The van der Waals surface area contributed by atoms with Crippen LogP contribution in [-0.2, 0) is 0 Å². The highest BCUT2D eigenvalue weighted by molar-refractivity contribution is 5.72. The van der Waals surface area contributed by atoms with Crippen molar-refractivity contribution in [3.8, 4) is 0 Å². The van der Waals surface area contributed by atoms with Gasteiger partial charge < -0.3 is 4.98 Å². The van der Waals surface area contributed by atoms with Gasteiger partial charge in [0.2, 0.25) is 0 Å². The van der Waals surface area contributed by atoms with Gasteiger partial charge in [-0.25, -0.2) is 4.79 Å². The largest absolute Gasteiger partial charge is 0.357 e. The molecule has 7 nitrogen and oxygen atoms in total.